The van der Waals surface area contributed by atoms with Gasteiger partial charge in [0.15, 0.2) is 0 Å². The van der Waals surface area contributed by atoms with E-state index in [9.17, 15) is 4.79 Å². The summed E-state index contributed by atoms with van der Waals surface area (Å²) >= 11 is 0. The molecule has 1 aliphatic heterocycles. The molecule has 2 heterocycles. The first-order valence-corrected chi connectivity index (χ1v) is 5.67. The molecule has 1 saturated heterocycles. The third kappa shape index (κ3) is 2.32. The van der Waals surface area contributed by atoms with E-state index in [1.165, 1.54) is 0 Å². The Morgan fingerprint density at radius 2 is 2.44 bits per heavy atom. The van der Waals surface area contributed by atoms with Gasteiger partial charge in [-0.1, -0.05) is 13.3 Å². The summed E-state index contributed by atoms with van der Waals surface area (Å²) in [5.41, 5.74) is 6.66. The number of likely N-dealkylation sites (tertiary alicyclic amines) is 1. The molecule has 16 heavy (non-hydrogen) atoms. The van der Waals surface area contributed by atoms with Gasteiger partial charge in [0.2, 0.25) is 5.91 Å². The normalized spacial score (nSPS) is 20.4. The van der Waals surface area contributed by atoms with Crippen molar-refractivity contribution in [1.82, 2.24) is 9.88 Å². The van der Waals surface area contributed by atoms with Crippen LogP contribution in [0.15, 0.2) is 18.3 Å². The summed E-state index contributed by atoms with van der Waals surface area (Å²) in [5, 5.41) is 0. The number of carbonyl (C=O) groups is 1. The number of nitrogen functional groups attached to an aromatic ring is 1. The van der Waals surface area contributed by atoms with E-state index in [2.05, 4.69) is 11.9 Å². The predicted octanol–water partition coefficient (Wildman–Crippen LogP) is 1.42. The van der Waals surface area contributed by atoms with Gasteiger partial charge in [-0.15, -0.1) is 0 Å². The molecule has 4 nitrogen and oxygen atoms in total. The zero-order valence-electron chi connectivity index (χ0n) is 9.52. The maximum Gasteiger partial charge on any atom is 0.223 e. The van der Waals surface area contributed by atoms with Crippen LogP contribution in [0, 0.1) is 5.92 Å². The number of hydrogen-bond donors (Lipinski definition) is 1. The zero-order chi connectivity index (χ0) is 11.5. The second-order valence-electron chi connectivity index (χ2n) is 4.34. The molecule has 0 aliphatic carbocycles. The van der Waals surface area contributed by atoms with Crippen LogP contribution in [0.1, 0.15) is 25.3 Å². The molecule has 2 rings (SSSR count). The van der Waals surface area contributed by atoms with Gasteiger partial charge >= 0.3 is 0 Å². The molecule has 1 amide bonds. The summed E-state index contributed by atoms with van der Waals surface area (Å²) in [6.07, 6.45) is 3.44. The van der Waals surface area contributed by atoms with Crippen molar-refractivity contribution in [2.75, 3.05) is 12.3 Å². The second-order valence-corrected chi connectivity index (χ2v) is 4.34. The first-order valence-electron chi connectivity index (χ1n) is 5.67. The first-order chi connectivity index (χ1) is 7.69. The van der Waals surface area contributed by atoms with E-state index in [4.69, 9.17) is 5.73 Å². The number of nitrogens with zero attached hydrogens (tertiary/aromatic N) is 2. The lowest BCUT2D eigenvalue weighted by Crippen LogP contribution is -2.24. The van der Waals surface area contributed by atoms with E-state index in [0.717, 1.165) is 18.5 Å². The average Bonchev–Trinajstić information content (AvgIpc) is 2.60. The predicted molar refractivity (Wildman–Crippen MR) is 62.5 cm³/mol. The summed E-state index contributed by atoms with van der Waals surface area (Å²) in [6.45, 7) is 3.66. The lowest BCUT2D eigenvalue weighted by molar-refractivity contribution is -0.128. The Labute approximate surface area is 95.5 Å². The molecule has 86 valence electrons. The fraction of sp³-hybridized carbons (Fsp3) is 0.500. The molecular weight excluding hydrogens is 202 g/mol. The van der Waals surface area contributed by atoms with E-state index < -0.39 is 0 Å². The Kier molecular flexibility index (Phi) is 3.08. The number of hydrogen-bond acceptors (Lipinski definition) is 3. The van der Waals surface area contributed by atoms with Crippen molar-refractivity contribution in [3.63, 3.8) is 0 Å². The monoisotopic (exact) mass is 219 g/mol. The van der Waals surface area contributed by atoms with E-state index in [1.807, 2.05) is 17.0 Å². The highest BCUT2D eigenvalue weighted by atomic mass is 16.2. The summed E-state index contributed by atoms with van der Waals surface area (Å²) < 4.78 is 0. The van der Waals surface area contributed by atoms with Gasteiger partial charge in [-0.25, -0.2) is 4.98 Å². The average molecular weight is 219 g/mol. The molecule has 1 aromatic rings. The molecule has 4 heteroatoms. The second kappa shape index (κ2) is 4.51. The van der Waals surface area contributed by atoms with Crippen LogP contribution in [-0.2, 0) is 11.3 Å². The Morgan fingerprint density at radius 1 is 1.62 bits per heavy atom. The number of anilines is 1. The fourth-order valence-corrected chi connectivity index (χ4v) is 2.09. The minimum atomic E-state index is 0.252. The Morgan fingerprint density at radius 3 is 3.06 bits per heavy atom. The number of amides is 1. The van der Waals surface area contributed by atoms with Gasteiger partial charge < -0.3 is 10.6 Å². The van der Waals surface area contributed by atoms with Crippen LogP contribution in [0.2, 0.25) is 0 Å². The fourth-order valence-electron chi connectivity index (χ4n) is 2.09. The van der Waals surface area contributed by atoms with Gasteiger partial charge in [-0.05, 0) is 23.6 Å². The SMILES string of the molecule is CCC1CC(=O)N(Cc2ccnc(N)c2)C1. The van der Waals surface area contributed by atoms with Gasteiger partial charge in [-0.3, -0.25) is 4.79 Å². The van der Waals surface area contributed by atoms with Crippen molar-refractivity contribution in [1.29, 1.82) is 0 Å². The molecule has 1 fully saturated rings. The van der Waals surface area contributed by atoms with Crippen LogP contribution in [0.5, 0.6) is 0 Å². The largest absolute Gasteiger partial charge is 0.384 e. The molecule has 1 unspecified atom stereocenters. The highest BCUT2D eigenvalue weighted by Gasteiger charge is 2.27. The van der Waals surface area contributed by atoms with Crippen LogP contribution >= 0.6 is 0 Å². The van der Waals surface area contributed by atoms with E-state index in [-0.39, 0.29) is 5.91 Å². The number of pyridine rings is 1. The highest BCUT2D eigenvalue weighted by molar-refractivity contribution is 5.78. The van der Waals surface area contributed by atoms with Gasteiger partial charge in [-0.2, -0.15) is 0 Å². The Bertz CT molecular complexity index is 392. The lowest BCUT2D eigenvalue weighted by Gasteiger charge is -2.16. The molecule has 0 radical (unpaired) electrons. The molecule has 0 bridgehead atoms. The van der Waals surface area contributed by atoms with Crippen molar-refractivity contribution in [2.45, 2.75) is 26.3 Å². The summed E-state index contributed by atoms with van der Waals surface area (Å²) in [7, 11) is 0. The van der Waals surface area contributed by atoms with Crippen molar-refractivity contribution < 1.29 is 4.79 Å². The maximum atomic E-state index is 11.7. The van der Waals surface area contributed by atoms with Crippen LogP contribution in [0.4, 0.5) is 5.82 Å². The van der Waals surface area contributed by atoms with Gasteiger partial charge in [0.1, 0.15) is 5.82 Å². The van der Waals surface area contributed by atoms with E-state index in [1.54, 1.807) is 6.20 Å². The molecule has 0 spiro atoms. The molecule has 0 aromatic carbocycles. The third-order valence-electron chi connectivity index (χ3n) is 3.09. The molecule has 1 aliphatic rings. The minimum Gasteiger partial charge on any atom is -0.384 e. The number of rotatable bonds is 3. The standard InChI is InChI=1S/C12H17N3O/c1-2-9-6-12(16)15(7-9)8-10-3-4-14-11(13)5-10/h3-5,9H,2,6-8H2,1H3,(H2,13,14). The zero-order valence-corrected chi connectivity index (χ0v) is 9.52. The Balaban J connectivity index is 2.03. The van der Waals surface area contributed by atoms with E-state index in [0.29, 0.717) is 24.7 Å². The molecule has 1 atom stereocenters. The third-order valence-corrected chi connectivity index (χ3v) is 3.09. The maximum absolute atomic E-state index is 11.7. The van der Waals surface area contributed by atoms with Crippen LogP contribution in [0.3, 0.4) is 0 Å². The summed E-state index contributed by atoms with van der Waals surface area (Å²) in [5.74, 6) is 1.28. The smallest absolute Gasteiger partial charge is 0.223 e. The lowest BCUT2D eigenvalue weighted by atomic mass is 10.1. The van der Waals surface area contributed by atoms with Crippen molar-refractivity contribution in [3.05, 3.63) is 23.9 Å². The summed E-state index contributed by atoms with van der Waals surface area (Å²) in [4.78, 5) is 17.6. The van der Waals surface area contributed by atoms with Gasteiger partial charge in [0.05, 0.1) is 0 Å². The topological polar surface area (TPSA) is 59.2 Å². The van der Waals surface area contributed by atoms with Crippen molar-refractivity contribution >= 4 is 11.7 Å². The number of carbonyl (C=O) groups excluding carboxylic acids is 1. The molecule has 2 N–H and O–H groups in total. The van der Waals surface area contributed by atoms with E-state index >= 15 is 0 Å². The van der Waals surface area contributed by atoms with Crippen LogP contribution in [-0.4, -0.2) is 22.3 Å². The molecule has 1 aromatic heterocycles. The first kappa shape index (κ1) is 10.9. The van der Waals surface area contributed by atoms with Crippen LogP contribution in [0.25, 0.3) is 0 Å². The molecular formula is C12H17N3O. The van der Waals surface area contributed by atoms with Gasteiger partial charge in [0.25, 0.3) is 0 Å². The minimum absolute atomic E-state index is 0.252. The molecule has 0 saturated carbocycles. The van der Waals surface area contributed by atoms with Crippen LogP contribution < -0.4 is 5.73 Å². The number of aromatic nitrogens is 1. The quantitative estimate of drug-likeness (QED) is 0.836. The van der Waals surface area contributed by atoms with Gasteiger partial charge in [0, 0.05) is 25.7 Å². The van der Waals surface area contributed by atoms with Crippen molar-refractivity contribution in [3.8, 4) is 0 Å². The Hall–Kier alpha value is -1.58. The number of nitrogens with two attached hydrogens (primary N) is 1. The highest BCUT2D eigenvalue weighted by Crippen LogP contribution is 2.22. The summed E-state index contributed by atoms with van der Waals surface area (Å²) in [6, 6.07) is 3.73. The van der Waals surface area contributed by atoms with Crippen molar-refractivity contribution in [2.24, 2.45) is 5.92 Å².